The first-order valence-corrected chi connectivity index (χ1v) is 5.40. The SMILES string of the molecule is CCC(N)(CC)c1cccc(C)c1C. The number of nitrogens with two attached hydrogens (primary N) is 1. The molecule has 1 aromatic rings. The molecule has 0 aliphatic carbocycles. The molecule has 0 aliphatic heterocycles. The molecule has 0 amide bonds. The molecule has 14 heavy (non-hydrogen) atoms. The lowest BCUT2D eigenvalue weighted by Crippen LogP contribution is -2.36. The quantitative estimate of drug-likeness (QED) is 0.779. The van der Waals surface area contributed by atoms with E-state index < -0.39 is 0 Å². The van der Waals surface area contributed by atoms with Gasteiger partial charge in [-0.1, -0.05) is 32.0 Å². The molecule has 0 bridgehead atoms. The number of aryl methyl sites for hydroxylation is 1. The highest BCUT2D eigenvalue weighted by atomic mass is 14.7. The number of hydrogen-bond acceptors (Lipinski definition) is 1. The Bertz CT molecular complexity index is 311. The minimum atomic E-state index is -0.143. The minimum Gasteiger partial charge on any atom is -0.321 e. The summed E-state index contributed by atoms with van der Waals surface area (Å²) >= 11 is 0. The summed E-state index contributed by atoms with van der Waals surface area (Å²) in [5.41, 5.74) is 10.2. The van der Waals surface area contributed by atoms with Crippen molar-refractivity contribution in [3.8, 4) is 0 Å². The Morgan fingerprint density at radius 2 is 1.71 bits per heavy atom. The Hall–Kier alpha value is -0.820. The van der Waals surface area contributed by atoms with E-state index in [1.54, 1.807) is 0 Å². The zero-order valence-corrected chi connectivity index (χ0v) is 9.72. The number of benzene rings is 1. The Morgan fingerprint density at radius 3 is 2.21 bits per heavy atom. The van der Waals surface area contributed by atoms with E-state index in [0.29, 0.717) is 0 Å². The third-order valence-electron chi connectivity index (χ3n) is 3.40. The minimum absolute atomic E-state index is 0.143. The Balaban J connectivity index is 3.24. The van der Waals surface area contributed by atoms with Crippen molar-refractivity contribution in [2.75, 3.05) is 0 Å². The van der Waals surface area contributed by atoms with Crippen molar-refractivity contribution in [3.05, 3.63) is 34.9 Å². The summed E-state index contributed by atoms with van der Waals surface area (Å²) in [6.07, 6.45) is 1.99. The van der Waals surface area contributed by atoms with Crippen LogP contribution >= 0.6 is 0 Å². The van der Waals surface area contributed by atoms with Gasteiger partial charge < -0.3 is 5.73 Å². The summed E-state index contributed by atoms with van der Waals surface area (Å²) in [6, 6.07) is 6.41. The maximum atomic E-state index is 6.39. The molecule has 0 fully saturated rings. The maximum absolute atomic E-state index is 6.39. The second-order valence-corrected chi connectivity index (χ2v) is 4.11. The van der Waals surface area contributed by atoms with E-state index >= 15 is 0 Å². The van der Waals surface area contributed by atoms with Gasteiger partial charge in [-0.15, -0.1) is 0 Å². The third kappa shape index (κ3) is 1.83. The van der Waals surface area contributed by atoms with Crippen LogP contribution in [0.3, 0.4) is 0 Å². The van der Waals surface area contributed by atoms with Gasteiger partial charge in [-0.25, -0.2) is 0 Å². The van der Waals surface area contributed by atoms with Crippen LogP contribution in [0.25, 0.3) is 0 Å². The van der Waals surface area contributed by atoms with Crippen molar-refractivity contribution >= 4 is 0 Å². The number of hydrogen-bond donors (Lipinski definition) is 1. The Kier molecular flexibility index (Phi) is 3.33. The topological polar surface area (TPSA) is 26.0 Å². The van der Waals surface area contributed by atoms with Crippen LogP contribution < -0.4 is 5.73 Å². The van der Waals surface area contributed by atoms with Crippen LogP contribution in [-0.4, -0.2) is 0 Å². The van der Waals surface area contributed by atoms with Crippen molar-refractivity contribution < 1.29 is 0 Å². The second-order valence-electron chi connectivity index (χ2n) is 4.11. The Labute approximate surface area is 87.3 Å². The molecule has 1 aromatic carbocycles. The smallest absolute Gasteiger partial charge is 0.0407 e. The summed E-state index contributed by atoms with van der Waals surface area (Å²) in [6.45, 7) is 8.62. The second kappa shape index (κ2) is 4.14. The standard InChI is InChI=1S/C13H21N/c1-5-13(14,6-2)12-9-7-8-10(3)11(12)4/h7-9H,5-6,14H2,1-4H3. The lowest BCUT2D eigenvalue weighted by molar-refractivity contribution is 0.410. The number of rotatable bonds is 3. The van der Waals surface area contributed by atoms with E-state index in [2.05, 4.69) is 45.9 Å². The van der Waals surface area contributed by atoms with Crippen LogP contribution in [0.15, 0.2) is 18.2 Å². The third-order valence-corrected chi connectivity index (χ3v) is 3.40. The van der Waals surface area contributed by atoms with E-state index in [4.69, 9.17) is 5.73 Å². The van der Waals surface area contributed by atoms with E-state index in [0.717, 1.165) is 12.8 Å². The fourth-order valence-electron chi connectivity index (χ4n) is 1.92. The van der Waals surface area contributed by atoms with Crippen molar-refractivity contribution in [1.82, 2.24) is 0 Å². The summed E-state index contributed by atoms with van der Waals surface area (Å²) in [5, 5.41) is 0. The zero-order chi connectivity index (χ0) is 10.8. The average Bonchev–Trinajstić information content (AvgIpc) is 2.21. The molecule has 0 saturated heterocycles. The zero-order valence-electron chi connectivity index (χ0n) is 9.72. The van der Waals surface area contributed by atoms with Gasteiger partial charge in [-0.3, -0.25) is 0 Å². The molecule has 0 heterocycles. The molecule has 0 spiro atoms. The van der Waals surface area contributed by atoms with Crippen molar-refractivity contribution in [2.45, 2.75) is 46.1 Å². The van der Waals surface area contributed by atoms with Gasteiger partial charge in [0.2, 0.25) is 0 Å². The molecule has 0 aromatic heterocycles. The van der Waals surface area contributed by atoms with Gasteiger partial charge >= 0.3 is 0 Å². The van der Waals surface area contributed by atoms with Crippen LogP contribution in [0.1, 0.15) is 43.4 Å². The maximum Gasteiger partial charge on any atom is 0.0407 e. The lowest BCUT2D eigenvalue weighted by Gasteiger charge is -2.29. The molecule has 1 nitrogen and oxygen atoms in total. The predicted molar refractivity (Wildman–Crippen MR) is 62.4 cm³/mol. The fraction of sp³-hybridized carbons (Fsp3) is 0.538. The highest BCUT2D eigenvalue weighted by Crippen LogP contribution is 2.29. The molecular formula is C13H21N. The highest BCUT2D eigenvalue weighted by molar-refractivity contribution is 5.37. The molecule has 1 rings (SSSR count). The van der Waals surface area contributed by atoms with Gasteiger partial charge in [0.15, 0.2) is 0 Å². The van der Waals surface area contributed by atoms with Gasteiger partial charge in [0.25, 0.3) is 0 Å². The van der Waals surface area contributed by atoms with Crippen LogP contribution in [0.5, 0.6) is 0 Å². The molecule has 0 saturated carbocycles. The van der Waals surface area contributed by atoms with E-state index in [1.165, 1.54) is 16.7 Å². The van der Waals surface area contributed by atoms with Crippen molar-refractivity contribution in [3.63, 3.8) is 0 Å². The molecule has 0 radical (unpaired) electrons. The summed E-state index contributed by atoms with van der Waals surface area (Å²) in [7, 11) is 0. The average molecular weight is 191 g/mol. The van der Waals surface area contributed by atoms with Gasteiger partial charge in [-0.05, 0) is 43.4 Å². The molecule has 0 unspecified atom stereocenters. The summed E-state index contributed by atoms with van der Waals surface area (Å²) in [4.78, 5) is 0. The fourth-order valence-corrected chi connectivity index (χ4v) is 1.92. The molecular weight excluding hydrogens is 170 g/mol. The first-order valence-electron chi connectivity index (χ1n) is 5.40. The van der Waals surface area contributed by atoms with E-state index in [9.17, 15) is 0 Å². The molecule has 0 aliphatic rings. The lowest BCUT2D eigenvalue weighted by atomic mass is 9.82. The molecule has 0 atom stereocenters. The molecule has 78 valence electrons. The van der Waals surface area contributed by atoms with Gasteiger partial charge in [0, 0.05) is 5.54 Å². The van der Waals surface area contributed by atoms with Crippen LogP contribution in [-0.2, 0) is 5.54 Å². The van der Waals surface area contributed by atoms with Crippen LogP contribution in [0.2, 0.25) is 0 Å². The van der Waals surface area contributed by atoms with Gasteiger partial charge in [0.1, 0.15) is 0 Å². The highest BCUT2D eigenvalue weighted by Gasteiger charge is 2.24. The normalized spacial score (nSPS) is 11.8. The first kappa shape index (κ1) is 11.3. The Morgan fingerprint density at radius 1 is 1.14 bits per heavy atom. The summed E-state index contributed by atoms with van der Waals surface area (Å²) in [5.74, 6) is 0. The van der Waals surface area contributed by atoms with E-state index in [-0.39, 0.29) is 5.54 Å². The molecule has 2 N–H and O–H groups in total. The summed E-state index contributed by atoms with van der Waals surface area (Å²) < 4.78 is 0. The molecule has 1 heteroatoms. The van der Waals surface area contributed by atoms with Crippen LogP contribution in [0, 0.1) is 13.8 Å². The first-order chi connectivity index (χ1) is 6.55. The van der Waals surface area contributed by atoms with Crippen LogP contribution in [0.4, 0.5) is 0 Å². The van der Waals surface area contributed by atoms with Gasteiger partial charge in [-0.2, -0.15) is 0 Å². The predicted octanol–water partition coefficient (Wildman–Crippen LogP) is 3.28. The van der Waals surface area contributed by atoms with Crippen molar-refractivity contribution in [2.24, 2.45) is 5.73 Å². The van der Waals surface area contributed by atoms with Crippen molar-refractivity contribution in [1.29, 1.82) is 0 Å². The largest absolute Gasteiger partial charge is 0.321 e. The van der Waals surface area contributed by atoms with Gasteiger partial charge in [0.05, 0.1) is 0 Å². The monoisotopic (exact) mass is 191 g/mol. The van der Waals surface area contributed by atoms with E-state index in [1.807, 2.05) is 0 Å².